The maximum atomic E-state index is 10.2. The van der Waals surface area contributed by atoms with Crippen LogP contribution in [0.1, 0.15) is 71.6 Å². The van der Waals surface area contributed by atoms with Crippen LogP contribution in [-0.4, -0.2) is 39.9 Å². The average molecular weight is 347 g/mol. The smallest absolute Gasteiger partial charge is 0.330 e. The van der Waals surface area contributed by atoms with E-state index in [0.717, 1.165) is 25.3 Å². The van der Waals surface area contributed by atoms with Crippen LogP contribution in [0.3, 0.4) is 0 Å². The van der Waals surface area contributed by atoms with Gasteiger partial charge in [0.05, 0.1) is 6.61 Å². The lowest BCUT2D eigenvalue weighted by atomic mass is 10.1. The zero-order valence-electron chi connectivity index (χ0n) is 16.4. The summed E-state index contributed by atoms with van der Waals surface area (Å²) in [6.45, 7) is 7.91. The fraction of sp³-hybridized carbons (Fsp3) is 0.842. The second-order valence-corrected chi connectivity index (χ2v) is 5.54. The van der Waals surface area contributed by atoms with E-state index in [9.17, 15) is 4.79 Å². The first-order valence-corrected chi connectivity index (χ1v) is 9.00. The van der Waals surface area contributed by atoms with Crippen molar-refractivity contribution < 1.29 is 23.7 Å². The first kappa shape index (κ1) is 25.3. The van der Waals surface area contributed by atoms with Gasteiger partial charge in [0.25, 0.3) is 5.97 Å². The highest BCUT2D eigenvalue weighted by Gasteiger charge is 2.28. The predicted molar refractivity (Wildman–Crippen MR) is 97.8 cm³/mol. The molecule has 0 saturated heterocycles. The van der Waals surface area contributed by atoms with Gasteiger partial charge in [0, 0.05) is 33.8 Å². The van der Waals surface area contributed by atoms with E-state index in [1.54, 1.807) is 21.3 Å². The number of hydrogen-bond donors (Lipinski definition) is 0. The van der Waals surface area contributed by atoms with Crippen LogP contribution in [-0.2, 0) is 23.7 Å². The molecule has 0 N–H and O–H groups in total. The van der Waals surface area contributed by atoms with E-state index in [2.05, 4.69) is 18.2 Å². The van der Waals surface area contributed by atoms with Crippen LogP contribution in [0.15, 0.2) is 12.7 Å². The molecule has 24 heavy (non-hydrogen) atoms. The number of ether oxygens (including phenoxy) is 4. The van der Waals surface area contributed by atoms with Crippen LogP contribution in [0.25, 0.3) is 0 Å². The normalized spacial score (nSPS) is 10.7. The zero-order chi connectivity index (χ0) is 18.7. The second kappa shape index (κ2) is 18.4. The molecular formula is C19H38O5. The molecule has 0 rings (SSSR count). The fourth-order valence-corrected chi connectivity index (χ4v) is 2.12. The molecule has 5 nitrogen and oxygen atoms in total. The third kappa shape index (κ3) is 14.7. The van der Waals surface area contributed by atoms with Crippen molar-refractivity contribution in [2.45, 2.75) is 77.6 Å². The van der Waals surface area contributed by atoms with Crippen LogP contribution in [0.5, 0.6) is 0 Å². The van der Waals surface area contributed by atoms with Crippen molar-refractivity contribution in [3.63, 3.8) is 0 Å². The summed E-state index contributed by atoms with van der Waals surface area (Å²) in [6.07, 6.45) is 11.8. The minimum Gasteiger partial charge on any atom is -0.463 e. The maximum absolute atomic E-state index is 10.2. The molecular weight excluding hydrogens is 308 g/mol. The first-order valence-electron chi connectivity index (χ1n) is 9.00. The highest BCUT2D eigenvalue weighted by atomic mass is 16.9. The maximum Gasteiger partial charge on any atom is 0.330 e. The zero-order valence-corrected chi connectivity index (χ0v) is 16.4. The van der Waals surface area contributed by atoms with Gasteiger partial charge in [0.15, 0.2) is 0 Å². The summed E-state index contributed by atoms with van der Waals surface area (Å²) < 4.78 is 20.3. The largest absolute Gasteiger partial charge is 0.463 e. The molecule has 0 spiro atoms. The van der Waals surface area contributed by atoms with Crippen molar-refractivity contribution in [1.82, 2.24) is 0 Å². The van der Waals surface area contributed by atoms with Crippen LogP contribution >= 0.6 is 0 Å². The molecule has 0 aliphatic heterocycles. The molecule has 0 aliphatic rings. The Kier molecular flexibility index (Phi) is 19.5. The number of unbranched alkanes of at least 4 members (excludes halogenated alkanes) is 6. The molecule has 0 aliphatic carbocycles. The van der Waals surface area contributed by atoms with Gasteiger partial charge in [0.1, 0.15) is 0 Å². The van der Waals surface area contributed by atoms with Gasteiger partial charge in [-0.2, -0.15) is 0 Å². The van der Waals surface area contributed by atoms with Gasteiger partial charge >= 0.3 is 5.97 Å². The summed E-state index contributed by atoms with van der Waals surface area (Å²) in [5.74, 6) is -1.17. The van der Waals surface area contributed by atoms with Crippen molar-refractivity contribution in [1.29, 1.82) is 0 Å². The number of methoxy groups -OCH3 is 3. The Hall–Kier alpha value is -0.910. The predicted octanol–water partition coefficient (Wildman–Crippen LogP) is 4.85. The molecule has 0 aromatic carbocycles. The molecule has 0 radical (unpaired) electrons. The van der Waals surface area contributed by atoms with E-state index in [1.165, 1.54) is 38.5 Å². The van der Waals surface area contributed by atoms with Crippen molar-refractivity contribution in [2.75, 3.05) is 27.9 Å². The lowest BCUT2D eigenvalue weighted by molar-refractivity contribution is -0.355. The second-order valence-electron chi connectivity index (χ2n) is 5.54. The van der Waals surface area contributed by atoms with Crippen molar-refractivity contribution in [3.05, 3.63) is 12.7 Å². The van der Waals surface area contributed by atoms with Gasteiger partial charge < -0.3 is 18.9 Å². The summed E-state index contributed by atoms with van der Waals surface area (Å²) in [4.78, 5) is 10.2. The molecule has 0 aromatic rings. The Morgan fingerprint density at radius 2 is 1.38 bits per heavy atom. The molecule has 0 fully saturated rings. The van der Waals surface area contributed by atoms with Gasteiger partial charge in [-0.1, -0.05) is 59.0 Å². The summed E-state index contributed by atoms with van der Waals surface area (Å²) in [6, 6.07) is 0. The standard InChI is InChI=1S/C13H28O3.C6H10O2/c1-5-6-7-8-9-10-11-12-13(14-2,15-3)16-4;1-3-5-8-6(7)4-2/h5-12H2,1-4H3;4H,2-3,5H2,1H3. The van der Waals surface area contributed by atoms with Gasteiger partial charge in [-0.05, 0) is 12.8 Å². The number of hydrogen-bond acceptors (Lipinski definition) is 5. The molecule has 0 amide bonds. The van der Waals surface area contributed by atoms with Gasteiger partial charge in [-0.25, -0.2) is 4.79 Å². The Labute approximate surface area is 148 Å². The summed E-state index contributed by atoms with van der Waals surface area (Å²) in [5.41, 5.74) is 0. The Balaban J connectivity index is 0. The number of carbonyl (C=O) groups excluding carboxylic acids is 1. The van der Waals surface area contributed by atoms with Crippen molar-refractivity contribution in [2.24, 2.45) is 0 Å². The Morgan fingerprint density at radius 3 is 1.79 bits per heavy atom. The third-order valence-corrected chi connectivity index (χ3v) is 3.63. The van der Waals surface area contributed by atoms with Crippen molar-refractivity contribution in [3.8, 4) is 0 Å². The Morgan fingerprint density at radius 1 is 0.875 bits per heavy atom. The van der Waals surface area contributed by atoms with Gasteiger partial charge in [-0.3, -0.25) is 0 Å². The minimum absolute atomic E-state index is 0.341. The quantitative estimate of drug-likeness (QED) is 0.195. The highest BCUT2D eigenvalue weighted by molar-refractivity contribution is 5.81. The van der Waals surface area contributed by atoms with E-state index in [4.69, 9.17) is 14.2 Å². The fourth-order valence-electron chi connectivity index (χ4n) is 2.12. The number of esters is 1. The number of rotatable bonds is 14. The molecule has 0 aromatic heterocycles. The summed E-state index contributed by atoms with van der Waals surface area (Å²) in [7, 11) is 4.86. The minimum atomic E-state index is -0.830. The number of carbonyl (C=O) groups is 1. The topological polar surface area (TPSA) is 54.0 Å². The molecule has 0 saturated carbocycles. The molecule has 5 heteroatoms. The average Bonchev–Trinajstić information content (AvgIpc) is 2.63. The SMILES string of the molecule is C=CC(=O)OCCC.CCCCCCCCCC(OC)(OC)OC. The van der Waals surface area contributed by atoms with Crippen LogP contribution in [0.2, 0.25) is 0 Å². The van der Waals surface area contributed by atoms with Crippen LogP contribution in [0.4, 0.5) is 0 Å². The molecule has 0 heterocycles. The van der Waals surface area contributed by atoms with Gasteiger partial charge in [0.2, 0.25) is 0 Å². The lowest BCUT2D eigenvalue weighted by Gasteiger charge is -2.28. The van der Waals surface area contributed by atoms with Crippen LogP contribution in [0, 0.1) is 0 Å². The molecule has 0 unspecified atom stereocenters. The van der Waals surface area contributed by atoms with E-state index in [1.807, 2.05) is 6.92 Å². The third-order valence-electron chi connectivity index (χ3n) is 3.63. The van der Waals surface area contributed by atoms with E-state index in [0.29, 0.717) is 6.61 Å². The highest BCUT2D eigenvalue weighted by Crippen LogP contribution is 2.21. The van der Waals surface area contributed by atoms with Crippen LogP contribution < -0.4 is 0 Å². The van der Waals surface area contributed by atoms with Gasteiger partial charge in [-0.15, -0.1) is 0 Å². The van der Waals surface area contributed by atoms with E-state index >= 15 is 0 Å². The lowest BCUT2D eigenvalue weighted by Crippen LogP contribution is -2.35. The molecule has 0 bridgehead atoms. The molecule has 0 atom stereocenters. The Bertz CT molecular complexity index is 279. The summed E-state index contributed by atoms with van der Waals surface area (Å²) >= 11 is 0. The summed E-state index contributed by atoms with van der Waals surface area (Å²) in [5, 5.41) is 0. The first-order chi connectivity index (χ1) is 11.6. The van der Waals surface area contributed by atoms with E-state index < -0.39 is 5.97 Å². The van der Waals surface area contributed by atoms with Crippen molar-refractivity contribution >= 4 is 5.97 Å². The van der Waals surface area contributed by atoms with E-state index in [-0.39, 0.29) is 5.97 Å². The molecule has 144 valence electrons. The monoisotopic (exact) mass is 346 g/mol.